The number of Topliss-reactive ketones (excluding diaryl/α,β-unsaturated/α-hetero) is 1. The molecular formula is C18H18N2O3S. The van der Waals surface area contributed by atoms with Crippen LogP contribution < -0.4 is 5.32 Å². The third-order valence-corrected chi connectivity index (χ3v) is 5.26. The fraction of sp³-hybridized carbons (Fsp3) is 0.389. The van der Waals surface area contributed by atoms with E-state index in [2.05, 4.69) is 11.4 Å². The van der Waals surface area contributed by atoms with Gasteiger partial charge in [0.2, 0.25) is 5.91 Å². The van der Waals surface area contributed by atoms with Gasteiger partial charge in [-0.3, -0.25) is 9.59 Å². The number of rotatable bonds is 5. The summed E-state index contributed by atoms with van der Waals surface area (Å²) in [7, 11) is 0. The zero-order valence-corrected chi connectivity index (χ0v) is 14.0. The van der Waals surface area contributed by atoms with E-state index in [0.717, 1.165) is 10.1 Å². The molecule has 1 aliphatic rings. The summed E-state index contributed by atoms with van der Waals surface area (Å²) in [4.78, 5) is 24.6. The first-order chi connectivity index (χ1) is 11.6. The average Bonchev–Trinajstić information content (AvgIpc) is 3.04. The van der Waals surface area contributed by atoms with Crippen LogP contribution in [0.15, 0.2) is 29.6 Å². The Kier molecular flexibility index (Phi) is 4.93. The minimum atomic E-state index is -0.854. The second-order valence-corrected chi connectivity index (χ2v) is 6.83. The predicted octanol–water partition coefficient (Wildman–Crippen LogP) is 3.05. The number of fused-ring (bicyclic) bond motifs is 1. The van der Waals surface area contributed by atoms with Crippen LogP contribution in [0.3, 0.4) is 0 Å². The highest BCUT2D eigenvalue weighted by Crippen LogP contribution is 2.27. The zero-order chi connectivity index (χ0) is 17.0. The van der Waals surface area contributed by atoms with Crippen LogP contribution in [0, 0.1) is 11.3 Å². The molecule has 0 aliphatic carbocycles. The van der Waals surface area contributed by atoms with Gasteiger partial charge in [-0.1, -0.05) is 18.2 Å². The largest absolute Gasteiger partial charge is 0.381 e. The van der Waals surface area contributed by atoms with Crippen molar-refractivity contribution in [2.45, 2.75) is 31.2 Å². The molecule has 2 heterocycles. The number of nitrogens with zero attached hydrogens (tertiary/aromatic N) is 1. The lowest BCUT2D eigenvalue weighted by atomic mass is 9.91. The fourth-order valence-corrected chi connectivity index (χ4v) is 3.83. The minimum absolute atomic E-state index is 0.0411. The van der Waals surface area contributed by atoms with Gasteiger partial charge in [-0.2, -0.15) is 5.26 Å². The van der Waals surface area contributed by atoms with Crippen LogP contribution in [-0.4, -0.2) is 30.4 Å². The summed E-state index contributed by atoms with van der Waals surface area (Å²) in [5.41, 5.74) is -0.183. The molecule has 1 amide bonds. The number of carbonyl (C=O) groups excluding carboxylic acids is 2. The van der Waals surface area contributed by atoms with Crippen molar-refractivity contribution < 1.29 is 14.3 Å². The van der Waals surface area contributed by atoms with E-state index in [9.17, 15) is 14.9 Å². The molecule has 0 saturated carbocycles. The van der Waals surface area contributed by atoms with Crippen molar-refractivity contribution in [1.82, 2.24) is 5.32 Å². The number of carbonyl (C=O) groups is 2. The van der Waals surface area contributed by atoms with Gasteiger partial charge >= 0.3 is 0 Å². The summed E-state index contributed by atoms with van der Waals surface area (Å²) in [6.45, 7) is 0.932. The molecule has 1 N–H and O–H groups in total. The Balaban J connectivity index is 1.60. The molecule has 0 atom stereocenters. The smallest absolute Gasteiger partial charge is 0.221 e. The first-order valence-electron chi connectivity index (χ1n) is 7.93. The van der Waals surface area contributed by atoms with E-state index in [1.807, 2.05) is 29.6 Å². The predicted molar refractivity (Wildman–Crippen MR) is 91.9 cm³/mol. The van der Waals surface area contributed by atoms with Gasteiger partial charge in [-0.05, 0) is 6.07 Å². The number of ketones is 1. The van der Waals surface area contributed by atoms with Crippen LogP contribution in [0.4, 0.5) is 0 Å². The maximum Gasteiger partial charge on any atom is 0.221 e. The molecule has 1 aromatic carbocycles. The zero-order valence-electron chi connectivity index (χ0n) is 13.2. The third-order valence-electron chi connectivity index (χ3n) is 4.30. The van der Waals surface area contributed by atoms with Gasteiger partial charge in [0, 0.05) is 59.9 Å². The van der Waals surface area contributed by atoms with Crippen molar-refractivity contribution >= 4 is 33.1 Å². The van der Waals surface area contributed by atoms with Gasteiger partial charge in [0.15, 0.2) is 5.78 Å². The number of amides is 1. The van der Waals surface area contributed by atoms with Gasteiger partial charge in [-0.25, -0.2) is 0 Å². The van der Waals surface area contributed by atoms with Gasteiger partial charge in [0.05, 0.1) is 6.07 Å². The number of nitriles is 1. The van der Waals surface area contributed by atoms with Gasteiger partial charge in [0.25, 0.3) is 0 Å². The van der Waals surface area contributed by atoms with Crippen molar-refractivity contribution in [2.75, 3.05) is 13.2 Å². The molecule has 1 fully saturated rings. The van der Waals surface area contributed by atoms with E-state index < -0.39 is 5.54 Å². The second kappa shape index (κ2) is 7.12. The van der Waals surface area contributed by atoms with Crippen molar-refractivity contribution in [2.24, 2.45) is 0 Å². The standard InChI is InChI=1S/C18H18N2O3S/c19-12-18(7-9-23-10-8-18)20-17(22)6-5-15(21)14-11-24-16-4-2-1-3-13(14)16/h1-4,11H,5-10H2,(H,20,22). The molecule has 5 nitrogen and oxygen atoms in total. The molecule has 0 bridgehead atoms. The SMILES string of the molecule is N#CC1(NC(=O)CCC(=O)c2csc3ccccc23)CCOCC1. The maximum absolute atomic E-state index is 12.4. The Morgan fingerprint density at radius 1 is 1.25 bits per heavy atom. The van der Waals surface area contributed by atoms with E-state index in [-0.39, 0.29) is 24.5 Å². The minimum Gasteiger partial charge on any atom is -0.381 e. The van der Waals surface area contributed by atoms with Crippen molar-refractivity contribution in [3.05, 3.63) is 35.2 Å². The lowest BCUT2D eigenvalue weighted by molar-refractivity contribution is -0.123. The highest BCUT2D eigenvalue weighted by molar-refractivity contribution is 7.17. The van der Waals surface area contributed by atoms with Crippen molar-refractivity contribution in [1.29, 1.82) is 5.26 Å². The monoisotopic (exact) mass is 342 g/mol. The molecule has 1 saturated heterocycles. The quantitative estimate of drug-likeness (QED) is 0.847. The van der Waals surface area contributed by atoms with Crippen LogP contribution in [0.5, 0.6) is 0 Å². The van der Waals surface area contributed by atoms with Gasteiger partial charge in [0.1, 0.15) is 5.54 Å². The molecule has 0 radical (unpaired) electrons. The molecule has 124 valence electrons. The summed E-state index contributed by atoms with van der Waals surface area (Å²) < 4.78 is 6.31. The summed E-state index contributed by atoms with van der Waals surface area (Å²) >= 11 is 1.53. The van der Waals surface area contributed by atoms with E-state index in [1.54, 1.807) is 0 Å². The normalized spacial score (nSPS) is 16.5. The molecule has 6 heteroatoms. The van der Waals surface area contributed by atoms with Gasteiger partial charge < -0.3 is 10.1 Å². The van der Waals surface area contributed by atoms with Gasteiger partial charge in [-0.15, -0.1) is 11.3 Å². The van der Waals surface area contributed by atoms with Crippen molar-refractivity contribution in [3.8, 4) is 6.07 Å². The average molecular weight is 342 g/mol. The van der Waals surface area contributed by atoms with E-state index in [4.69, 9.17) is 4.74 Å². The summed E-state index contributed by atoms with van der Waals surface area (Å²) in [5.74, 6) is -0.299. The van der Waals surface area contributed by atoms with Crippen molar-refractivity contribution in [3.63, 3.8) is 0 Å². The molecule has 2 aromatic rings. The van der Waals surface area contributed by atoms with Crippen LogP contribution in [0.25, 0.3) is 10.1 Å². The highest BCUT2D eigenvalue weighted by atomic mass is 32.1. The number of ether oxygens (including phenoxy) is 1. The Bertz CT molecular complexity index is 800. The Morgan fingerprint density at radius 2 is 2.00 bits per heavy atom. The molecule has 0 unspecified atom stereocenters. The lowest BCUT2D eigenvalue weighted by Crippen LogP contribution is -2.50. The first kappa shape index (κ1) is 16.6. The van der Waals surface area contributed by atoms with Crippen LogP contribution in [-0.2, 0) is 9.53 Å². The maximum atomic E-state index is 12.4. The number of thiophene rings is 1. The summed E-state index contributed by atoms with van der Waals surface area (Å²) in [5, 5.41) is 14.9. The summed E-state index contributed by atoms with van der Waals surface area (Å²) in [6, 6.07) is 9.94. The Labute approximate surface area is 144 Å². The van der Waals surface area contributed by atoms with Crippen LogP contribution >= 0.6 is 11.3 Å². The molecule has 1 aromatic heterocycles. The number of benzene rings is 1. The number of hydrogen-bond donors (Lipinski definition) is 1. The van der Waals surface area contributed by atoms with Crippen LogP contribution in [0.1, 0.15) is 36.0 Å². The molecular weight excluding hydrogens is 324 g/mol. The second-order valence-electron chi connectivity index (χ2n) is 5.92. The topological polar surface area (TPSA) is 79.2 Å². The molecule has 1 aliphatic heterocycles. The number of nitrogens with one attached hydrogen (secondary N) is 1. The fourth-order valence-electron chi connectivity index (χ4n) is 2.87. The van der Waals surface area contributed by atoms with E-state index in [1.165, 1.54) is 11.3 Å². The first-order valence-corrected chi connectivity index (χ1v) is 8.81. The Morgan fingerprint density at radius 3 is 2.75 bits per heavy atom. The molecule has 3 rings (SSSR count). The van der Waals surface area contributed by atoms with E-state index >= 15 is 0 Å². The third kappa shape index (κ3) is 3.48. The molecule has 24 heavy (non-hydrogen) atoms. The molecule has 0 spiro atoms. The Hall–Kier alpha value is -2.23. The van der Waals surface area contributed by atoms with E-state index in [0.29, 0.717) is 31.6 Å². The highest BCUT2D eigenvalue weighted by Gasteiger charge is 2.34. The van der Waals surface area contributed by atoms with Crippen LogP contribution in [0.2, 0.25) is 0 Å². The lowest BCUT2D eigenvalue weighted by Gasteiger charge is -2.31. The number of hydrogen-bond acceptors (Lipinski definition) is 5. The summed E-state index contributed by atoms with van der Waals surface area (Å²) in [6.07, 6.45) is 1.20.